The molecule has 0 saturated carbocycles. The molecule has 0 spiro atoms. The van der Waals surface area contributed by atoms with Crippen molar-refractivity contribution in [1.29, 1.82) is 0 Å². The van der Waals surface area contributed by atoms with Gasteiger partial charge in [-0.1, -0.05) is 25.6 Å². The van der Waals surface area contributed by atoms with Crippen molar-refractivity contribution in [3.05, 3.63) is 28.5 Å². The van der Waals surface area contributed by atoms with E-state index in [1.807, 2.05) is 6.92 Å². The molecule has 1 amide bonds. The first kappa shape index (κ1) is 14.1. The summed E-state index contributed by atoms with van der Waals surface area (Å²) in [7, 11) is 0. The Labute approximate surface area is 114 Å². The highest BCUT2D eigenvalue weighted by Gasteiger charge is 2.17. The molecule has 4 nitrogen and oxygen atoms in total. The topological polar surface area (TPSA) is 68.0 Å². The molecule has 0 fully saturated rings. The molecule has 0 radical (unpaired) electrons. The fourth-order valence-corrected chi connectivity index (χ4v) is 1.97. The molecule has 1 aromatic rings. The largest absolute Gasteiger partial charge is 0.392 e. The van der Waals surface area contributed by atoms with Gasteiger partial charge in [-0.25, -0.2) is 4.98 Å². The van der Waals surface area contributed by atoms with Gasteiger partial charge in [0.2, 0.25) is 0 Å². The average molecular weight is 316 g/mol. The van der Waals surface area contributed by atoms with Gasteiger partial charge in [0, 0.05) is 10.7 Å². The standard InChI is InChI=1S/C11H14BrN3OS/c1-2-4-8(10(13)17)15-11(16)9-7(12)5-3-6-14-9/h3,5-6,8H,2,4H2,1H3,(H2,13,17)(H,15,16). The lowest BCUT2D eigenvalue weighted by molar-refractivity contribution is 0.0940. The van der Waals surface area contributed by atoms with Gasteiger partial charge in [0.1, 0.15) is 5.69 Å². The monoisotopic (exact) mass is 315 g/mol. The molecule has 1 atom stereocenters. The van der Waals surface area contributed by atoms with Gasteiger partial charge in [-0.2, -0.15) is 0 Å². The minimum absolute atomic E-state index is 0.274. The van der Waals surface area contributed by atoms with Crippen LogP contribution >= 0.6 is 28.1 Å². The molecule has 1 unspecified atom stereocenters. The zero-order chi connectivity index (χ0) is 12.8. The minimum Gasteiger partial charge on any atom is -0.392 e. The maximum Gasteiger partial charge on any atom is 0.271 e. The number of pyridine rings is 1. The van der Waals surface area contributed by atoms with E-state index in [1.54, 1.807) is 18.3 Å². The highest BCUT2D eigenvalue weighted by atomic mass is 79.9. The van der Waals surface area contributed by atoms with E-state index in [0.29, 0.717) is 15.2 Å². The fraction of sp³-hybridized carbons (Fsp3) is 0.364. The van der Waals surface area contributed by atoms with Gasteiger partial charge in [0.15, 0.2) is 0 Å². The van der Waals surface area contributed by atoms with Crippen molar-refractivity contribution in [2.24, 2.45) is 5.73 Å². The van der Waals surface area contributed by atoms with Crippen LogP contribution in [0.15, 0.2) is 22.8 Å². The fourth-order valence-electron chi connectivity index (χ4n) is 1.35. The Bertz CT molecular complexity index is 425. The van der Waals surface area contributed by atoms with E-state index in [1.165, 1.54) is 0 Å². The number of hydrogen-bond donors (Lipinski definition) is 2. The summed E-state index contributed by atoms with van der Waals surface area (Å²) in [4.78, 5) is 16.2. The predicted octanol–water partition coefficient (Wildman–Crippen LogP) is 2.03. The van der Waals surface area contributed by atoms with Crippen LogP contribution in [0.25, 0.3) is 0 Å². The second-order valence-corrected chi connectivity index (χ2v) is 4.88. The second-order valence-electron chi connectivity index (χ2n) is 3.55. The van der Waals surface area contributed by atoms with Gasteiger partial charge in [0.25, 0.3) is 5.91 Å². The number of carbonyl (C=O) groups is 1. The first-order valence-corrected chi connectivity index (χ1v) is 6.47. The molecule has 0 bridgehead atoms. The summed E-state index contributed by atoms with van der Waals surface area (Å²) < 4.78 is 0.649. The maximum absolute atomic E-state index is 11.9. The Kier molecular flexibility index (Phi) is 5.50. The van der Waals surface area contributed by atoms with Crippen molar-refractivity contribution in [1.82, 2.24) is 10.3 Å². The Balaban J connectivity index is 2.77. The van der Waals surface area contributed by atoms with Gasteiger partial charge in [-0.05, 0) is 34.5 Å². The van der Waals surface area contributed by atoms with Crippen molar-refractivity contribution in [3.8, 4) is 0 Å². The van der Waals surface area contributed by atoms with E-state index < -0.39 is 0 Å². The van der Waals surface area contributed by atoms with Gasteiger partial charge < -0.3 is 11.1 Å². The van der Waals surface area contributed by atoms with Gasteiger partial charge in [-0.15, -0.1) is 0 Å². The van der Waals surface area contributed by atoms with Crippen LogP contribution in [0.2, 0.25) is 0 Å². The van der Waals surface area contributed by atoms with Crippen molar-refractivity contribution in [3.63, 3.8) is 0 Å². The molecule has 6 heteroatoms. The van der Waals surface area contributed by atoms with Gasteiger partial charge in [-0.3, -0.25) is 4.79 Å². The summed E-state index contributed by atoms with van der Waals surface area (Å²) in [6.45, 7) is 2.01. The molecule has 0 aliphatic carbocycles. The van der Waals surface area contributed by atoms with Crippen LogP contribution in [-0.2, 0) is 0 Å². The molecule has 1 heterocycles. The van der Waals surface area contributed by atoms with Crippen molar-refractivity contribution in [2.75, 3.05) is 0 Å². The quantitative estimate of drug-likeness (QED) is 0.816. The Morgan fingerprint density at radius 1 is 1.71 bits per heavy atom. The zero-order valence-electron chi connectivity index (χ0n) is 9.44. The van der Waals surface area contributed by atoms with Crippen LogP contribution in [0.1, 0.15) is 30.3 Å². The second kappa shape index (κ2) is 6.66. The number of halogens is 1. The number of nitrogens with zero attached hydrogens (tertiary/aromatic N) is 1. The summed E-state index contributed by atoms with van der Waals surface area (Å²) >= 11 is 8.19. The molecule has 17 heavy (non-hydrogen) atoms. The minimum atomic E-state index is -0.281. The third-order valence-corrected chi connectivity index (χ3v) is 3.12. The lowest BCUT2D eigenvalue weighted by Crippen LogP contribution is -2.43. The Hall–Kier alpha value is -1.01. The number of carbonyl (C=O) groups excluding carboxylic acids is 1. The van der Waals surface area contributed by atoms with Crippen molar-refractivity contribution < 1.29 is 4.79 Å². The van der Waals surface area contributed by atoms with Gasteiger partial charge in [0.05, 0.1) is 11.0 Å². The lowest BCUT2D eigenvalue weighted by atomic mass is 10.1. The zero-order valence-corrected chi connectivity index (χ0v) is 11.8. The number of rotatable bonds is 5. The predicted molar refractivity (Wildman–Crippen MR) is 74.9 cm³/mol. The summed E-state index contributed by atoms with van der Waals surface area (Å²) in [6, 6.07) is 3.23. The Morgan fingerprint density at radius 2 is 2.41 bits per heavy atom. The molecule has 92 valence electrons. The van der Waals surface area contributed by atoms with E-state index in [-0.39, 0.29) is 11.9 Å². The van der Waals surface area contributed by atoms with Crippen LogP contribution in [0.5, 0.6) is 0 Å². The molecule has 0 saturated heterocycles. The summed E-state index contributed by atoms with van der Waals surface area (Å²) in [5.74, 6) is -0.274. The molecule has 0 aliphatic rings. The molecule has 0 aromatic carbocycles. The number of amides is 1. The highest BCUT2D eigenvalue weighted by molar-refractivity contribution is 9.10. The number of aromatic nitrogens is 1. The third kappa shape index (κ3) is 4.05. The summed E-state index contributed by atoms with van der Waals surface area (Å²) in [5.41, 5.74) is 5.91. The van der Waals surface area contributed by atoms with Crippen LogP contribution in [-0.4, -0.2) is 21.9 Å². The first-order chi connectivity index (χ1) is 8.06. The van der Waals surface area contributed by atoms with Crippen LogP contribution in [0.4, 0.5) is 0 Å². The van der Waals surface area contributed by atoms with Crippen LogP contribution in [0, 0.1) is 0 Å². The SMILES string of the molecule is CCCC(NC(=O)c1ncccc1Br)C(N)=S. The van der Waals surface area contributed by atoms with E-state index in [0.717, 1.165) is 12.8 Å². The number of nitrogens with two attached hydrogens (primary N) is 1. The number of thiocarbonyl (C=S) groups is 1. The van der Waals surface area contributed by atoms with E-state index in [2.05, 4.69) is 26.2 Å². The first-order valence-electron chi connectivity index (χ1n) is 5.27. The number of hydrogen-bond acceptors (Lipinski definition) is 3. The highest BCUT2D eigenvalue weighted by Crippen LogP contribution is 2.13. The molecule has 1 rings (SSSR count). The molecule has 0 aliphatic heterocycles. The van der Waals surface area contributed by atoms with Crippen molar-refractivity contribution in [2.45, 2.75) is 25.8 Å². The van der Waals surface area contributed by atoms with Crippen molar-refractivity contribution >= 4 is 39.0 Å². The molecular weight excluding hydrogens is 302 g/mol. The van der Waals surface area contributed by atoms with E-state index in [4.69, 9.17) is 18.0 Å². The molecular formula is C11H14BrN3OS. The molecule has 3 N–H and O–H groups in total. The molecule has 1 aromatic heterocycles. The normalized spacial score (nSPS) is 11.9. The summed E-state index contributed by atoms with van der Waals surface area (Å²) in [5, 5.41) is 2.78. The maximum atomic E-state index is 11.9. The number of nitrogens with one attached hydrogen (secondary N) is 1. The van der Waals surface area contributed by atoms with E-state index >= 15 is 0 Å². The lowest BCUT2D eigenvalue weighted by Gasteiger charge is -2.16. The smallest absolute Gasteiger partial charge is 0.271 e. The van der Waals surface area contributed by atoms with Gasteiger partial charge >= 0.3 is 0 Å². The summed E-state index contributed by atoms with van der Waals surface area (Å²) in [6.07, 6.45) is 3.19. The van der Waals surface area contributed by atoms with E-state index in [9.17, 15) is 4.79 Å². The Morgan fingerprint density at radius 3 is 2.94 bits per heavy atom. The third-order valence-electron chi connectivity index (χ3n) is 2.20. The average Bonchev–Trinajstić information content (AvgIpc) is 2.28. The van der Waals surface area contributed by atoms with Crippen LogP contribution < -0.4 is 11.1 Å². The van der Waals surface area contributed by atoms with Crippen LogP contribution in [0.3, 0.4) is 0 Å².